The number of sulfonamides is 1. The van der Waals surface area contributed by atoms with Gasteiger partial charge in [0.1, 0.15) is 46.0 Å². The van der Waals surface area contributed by atoms with E-state index in [0.29, 0.717) is 42.2 Å². The number of benzene rings is 1. The Bertz CT molecular complexity index is 2010. The topological polar surface area (TPSA) is 166 Å². The van der Waals surface area contributed by atoms with Gasteiger partial charge in [-0.2, -0.15) is 0 Å². The van der Waals surface area contributed by atoms with Gasteiger partial charge in [0, 0.05) is 47.0 Å². The number of amides is 3. The molecule has 0 bridgehead atoms. The first-order chi connectivity index (χ1) is 24.4. The molecule has 1 aromatic carbocycles. The van der Waals surface area contributed by atoms with Gasteiger partial charge in [0.15, 0.2) is 0 Å². The Morgan fingerprint density at radius 2 is 1.96 bits per heavy atom. The first-order valence-electron chi connectivity index (χ1n) is 17.4. The number of ether oxygens (including phenoxy) is 3. The number of nitrogens with one attached hydrogen (secondary N) is 2. The van der Waals surface area contributed by atoms with Crippen LogP contribution >= 0.6 is 11.3 Å². The van der Waals surface area contributed by atoms with Gasteiger partial charge in [0.25, 0.3) is 11.8 Å². The van der Waals surface area contributed by atoms with Crippen LogP contribution in [-0.4, -0.2) is 90.3 Å². The SMILES string of the molecule is COc1ccc2c(O[C@@H]3C[C@H]4C(=O)N[C@]5(C(=O)NS(=O)(=O)C6CC6)C[C@H]5/C=C\CCCCO[C@H](C)C(=O)N4C3)cc(-c3nc(C)cs3)nc2c1C. The van der Waals surface area contributed by atoms with Crippen LogP contribution in [0.25, 0.3) is 21.6 Å². The Hall–Kier alpha value is -4.08. The summed E-state index contributed by atoms with van der Waals surface area (Å²) in [5.41, 5.74) is 1.56. The molecule has 4 aliphatic rings. The van der Waals surface area contributed by atoms with Crippen molar-refractivity contribution < 1.29 is 37.0 Å². The molecular formula is C36H43N5O8S2. The smallest absolute Gasteiger partial charge is 0.259 e. The maximum absolute atomic E-state index is 14.2. The number of hydrogen-bond acceptors (Lipinski definition) is 11. The summed E-state index contributed by atoms with van der Waals surface area (Å²) in [5, 5.41) is 5.72. The fourth-order valence-electron chi connectivity index (χ4n) is 6.99. The summed E-state index contributed by atoms with van der Waals surface area (Å²) in [6.45, 7) is 5.98. The van der Waals surface area contributed by atoms with Gasteiger partial charge in [-0.25, -0.2) is 18.4 Å². The molecule has 0 spiro atoms. The van der Waals surface area contributed by atoms with Crippen LogP contribution in [0.2, 0.25) is 0 Å². The molecule has 0 unspecified atom stereocenters. The minimum atomic E-state index is -3.85. The molecule has 15 heteroatoms. The second-order valence-corrected chi connectivity index (χ2v) is 16.8. The van der Waals surface area contributed by atoms with E-state index in [1.54, 1.807) is 14.0 Å². The number of allylic oxidation sites excluding steroid dienone is 1. The standard InChI is InChI=1S/C36H43N5O8S2/c1-20-19-50-33(37-20)27-16-30(26-12-13-29(47-4)21(2)31(26)38-27)49-24-15-28-32(42)39-36(35(44)40-51(45,46)25-10-11-25)17-23(36)9-7-5-6-8-14-48-22(3)34(43)41(28)18-24/h7,9,12-13,16,19,22-25,28H,5-6,8,10-11,14-15,17-18H2,1-4H3,(H,39,42)(H,40,44)/b9-7-/t22-,23-,24-,28+,36-/m1/s1. The molecule has 1 saturated heterocycles. The molecule has 3 fully saturated rings. The summed E-state index contributed by atoms with van der Waals surface area (Å²) >= 11 is 1.47. The van der Waals surface area contributed by atoms with E-state index in [9.17, 15) is 22.8 Å². The number of carbonyl (C=O) groups is 3. The molecular weight excluding hydrogens is 695 g/mol. The molecule has 5 atom stereocenters. The largest absolute Gasteiger partial charge is 0.496 e. The monoisotopic (exact) mass is 737 g/mol. The lowest BCUT2D eigenvalue weighted by Crippen LogP contribution is -2.57. The molecule has 2 aliphatic carbocycles. The van der Waals surface area contributed by atoms with E-state index in [1.807, 2.05) is 49.6 Å². The van der Waals surface area contributed by atoms with Crippen molar-refractivity contribution in [2.75, 3.05) is 20.3 Å². The lowest BCUT2D eigenvalue weighted by atomic mass is 10.1. The molecule has 3 aromatic rings. The number of thiazole rings is 1. The van der Waals surface area contributed by atoms with E-state index in [2.05, 4.69) is 15.0 Å². The number of aromatic nitrogens is 2. The molecule has 2 aliphatic heterocycles. The highest BCUT2D eigenvalue weighted by atomic mass is 32.2. The van der Waals surface area contributed by atoms with Gasteiger partial charge in [-0.15, -0.1) is 11.3 Å². The van der Waals surface area contributed by atoms with Crippen LogP contribution in [0.5, 0.6) is 11.5 Å². The van der Waals surface area contributed by atoms with Crippen LogP contribution in [0.4, 0.5) is 0 Å². The summed E-state index contributed by atoms with van der Waals surface area (Å²) in [6, 6.07) is 4.56. The predicted octanol–water partition coefficient (Wildman–Crippen LogP) is 3.96. The van der Waals surface area contributed by atoms with Crippen LogP contribution in [0.3, 0.4) is 0 Å². The Morgan fingerprint density at radius 3 is 2.69 bits per heavy atom. The van der Waals surface area contributed by atoms with Crippen LogP contribution in [0.15, 0.2) is 35.7 Å². The lowest BCUT2D eigenvalue weighted by molar-refractivity contribution is -0.147. The van der Waals surface area contributed by atoms with Gasteiger partial charge in [0.05, 0.1) is 24.4 Å². The quantitative estimate of drug-likeness (QED) is 0.339. The average Bonchev–Trinajstić information content (AvgIpc) is 3.99. The Balaban J connectivity index is 1.21. The lowest BCUT2D eigenvalue weighted by Gasteiger charge is -2.28. The first-order valence-corrected chi connectivity index (χ1v) is 19.9. The maximum Gasteiger partial charge on any atom is 0.259 e. The Labute approximate surface area is 301 Å². The maximum atomic E-state index is 14.2. The molecule has 2 aromatic heterocycles. The minimum absolute atomic E-state index is 0.0911. The van der Waals surface area contributed by atoms with E-state index in [4.69, 9.17) is 19.2 Å². The van der Waals surface area contributed by atoms with Crippen LogP contribution in [0, 0.1) is 19.8 Å². The summed E-state index contributed by atoms with van der Waals surface area (Å²) in [4.78, 5) is 52.8. The zero-order chi connectivity index (χ0) is 36.1. The van der Waals surface area contributed by atoms with E-state index >= 15 is 0 Å². The number of nitrogens with zero attached hydrogens (tertiary/aromatic N) is 3. The molecule has 7 rings (SSSR count). The predicted molar refractivity (Wildman–Crippen MR) is 191 cm³/mol. The Morgan fingerprint density at radius 1 is 1.16 bits per heavy atom. The van der Waals surface area contributed by atoms with Crippen LogP contribution in [-0.2, 0) is 29.1 Å². The van der Waals surface area contributed by atoms with E-state index in [0.717, 1.165) is 40.9 Å². The molecule has 0 radical (unpaired) electrons. The second-order valence-electron chi connectivity index (χ2n) is 14.0. The fraction of sp³-hybridized carbons (Fsp3) is 0.528. The Kier molecular flexibility index (Phi) is 9.56. The summed E-state index contributed by atoms with van der Waals surface area (Å²) < 4.78 is 46.0. The molecule has 51 heavy (non-hydrogen) atoms. The molecule has 2 N–H and O–H groups in total. The van der Waals surface area contributed by atoms with Gasteiger partial charge < -0.3 is 24.4 Å². The van der Waals surface area contributed by atoms with Crippen molar-refractivity contribution in [3.8, 4) is 22.2 Å². The highest BCUT2D eigenvalue weighted by Gasteiger charge is 2.62. The fourth-order valence-corrected chi connectivity index (χ4v) is 9.11. The van der Waals surface area contributed by atoms with Gasteiger partial charge >= 0.3 is 0 Å². The van der Waals surface area contributed by atoms with E-state index in [-0.39, 0.29) is 31.2 Å². The van der Waals surface area contributed by atoms with Crippen molar-refractivity contribution in [3.63, 3.8) is 0 Å². The van der Waals surface area contributed by atoms with Crippen molar-refractivity contribution in [1.29, 1.82) is 0 Å². The molecule has 3 amide bonds. The number of carbonyl (C=O) groups excluding carboxylic acids is 3. The van der Waals surface area contributed by atoms with Crippen molar-refractivity contribution in [1.82, 2.24) is 24.9 Å². The van der Waals surface area contributed by atoms with Crippen LogP contribution in [0.1, 0.15) is 63.1 Å². The van der Waals surface area contributed by atoms with Gasteiger partial charge in [0.2, 0.25) is 15.9 Å². The number of rotatable bonds is 7. The van der Waals surface area contributed by atoms with E-state index < -0.39 is 50.9 Å². The number of methoxy groups -OCH3 is 1. The van der Waals surface area contributed by atoms with Crippen molar-refractivity contribution in [2.24, 2.45) is 5.92 Å². The zero-order valence-electron chi connectivity index (χ0n) is 29.1. The van der Waals surface area contributed by atoms with Crippen molar-refractivity contribution in [3.05, 3.63) is 47.0 Å². The highest BCUT2D eigenvalue weighted by Crippen LogP contribution is 2.46. The van der Waals surface area contributed by atoms with Crippen molar-refractivity contribution >= 4 is 50.0 Å². The van der Waals surface area contributed by atoms with Crippen molar-refractivity contribution in [2.45, 2.75) is 94.8 Å². The number of hydrogen-bond donors (Lipinski definition) is 2. The first kappa shape index (κ1) is 35.3. The normalized spacial score (nSPS) is 27.8. The number of fused-ring (bicyclic) bond motifs is 3. The molecule has 2 saturated carbocycles. The molecule has 13 nitrogen and oxygen atoms in total. The summed E-state index contributed by atoms with van der Waals surface area (Å²) in [7, 11) is -2.25. The van der Waals surface area contributed by atoms with Gasteiger partial charge in [-0.3, -0.25) is 19.1 Å². The highest BCUT2D eigenvalue weighted by molar-refractivity contribution is 7.91. The molecule has 272 valence electrons. The third kappa shape index (κ3) is 7.07. The second kappa shape index (κ2) is 13.8. The van der Waals surface area contributed by atoms with Gasteiger partial charge in [-0.1, -0.05) is 12.2 Å². The number of aryl methyl sites for hydroxylation is 2. The average molecular weight is 738 g/mol. The minimum Gasteiger partial charge on any atom is -0.496 e. The third-order valence-corrected chi connectivity index (χ3v) is 13.0. The zero-order valence-corrected chi connectivity index (χ0v) is 30.8. The van der Waals surface area contributed by atoms with Crippen LogP contribution < -0.4 is 19.5 Å². The summed E-state index contributed by atoms with van der Waals surface area (Å²) in [5.74, 6) is -0.855. The number of pyridine rings is 1. The van der Waals surface area contributed by atoms with E-state index in [1.165, 1.54) is 16.2 Å². The third-order valence-electron chi connectivity index (χ3n) is 10.2. The summed E-state index contributed by atoms with van der Waals surface area (Å²) in [6.07, 6.45) is 6.06. The molecule has 4 heterocycles. The van der Waals surface area contributed by atoms with Gasteiger partial charge in [-0.05, 0) is 71.4 Å².